The van der Waals surface area contributed by atoms with E-state index in [1.807, 2.05) is 27.7 Å². The van der Waals surface area contributed by atoms with Gasteiger partial charge in [-0.05, 0) is 45.9 Å². The lowest BCUT2D eigenvalue weighted by atomic mass is 9.96. The summed E-state index contributed by atoms with van der Waals surface area (Å²) in [5.74, 6) is -0.320. The molecule has 2 aromatic rings. The summed E-state index contributed by atoms with van der Waals surface area (Å²) < 4.78 is 17.3. The van der Waals surface area contributed by atoms with E-state index in [0.29, 0.717) is 30.3 Å². The van der Waals surface area contributed by atoms with E-state index in [-0.39, 0.29) is 17.6 Å². The molecule has 0 spiro atoms. The molecule has 31 heavy (non-hydrogen) atoms. The van der Waals surface area contributed by atoms with Gasteiger partial charge >= 0.3 is 12.1 Å². The summed E-state index contributed by atoms with van der Waals surface area (Å²) in [5.41, 5.74) is 0.209. The van der Waals surface area contributed by atoms with E-state index in [9.17, 15) is 14.7 Å². The van der Waals surface area contributed by atoms with E-state index in [2.05, 4.69) is 4.98 Å². The van der Waals surface area contributed by atoms with Crippen molar-refractivity contribution >= 4 is 23.4 Å². The Morgan fingerprint density at radius 3 is 2.65 bits per heavy atom. The largest absolute Gasteiger partial charge is 0.486 e. The maximum Gasteiger partial charge on any atom is 0.417 e. The first kappa shape index (κ1) is 21.2. The third kappa shape index (κ3) is 4.66. The number of carboxylic acid groups (broad SMARTS) is 1. The second kappa shape index (κ2) is 7.88. The van der Waals surface area contributed by atoms with Crippen LogP contribution in [-0.4, -0.2) is 51.9 Å². The number of benzene rings is 1. The number of rotatable bonds is 4. The summed E-state index contributed by atoms with van der Waals surface area (Å²) in [6, 6.07) is 4.88. The highest BCUT2D eigenvalue weighted by molar-refractivity contribution is 7.14. The smallest absolute Gasteiger partial charge is 0.417 e. The minimum atomic E-state index is -1.04. The zero-order chi connectivity index (χ0) is 22.3. The predicted molar refractivity (Wildman–Crippen MR) is 114 cm³/mol. The molecule has 1 amide bonds. The highest BCUT2D eigenvalue weighted by Crippen LogP contribution is 2.34. The Balaban J connectivity index is 1.58. The van der Waals surface area contributed by atoms with Crippen molar-refractivity contribution in [2.75, 3.05) is 13.2 Å². The molecule has 0 radical (unpaired) electrons. The van der Waals surface area contributed by atoms with E-state index >= 15 is 0 Å². The summed E-state index contributed by atoms with van der Waals surface area (Å²) in [4.78, 5) is 30.9. The second-order valence-electron chi connectivity index (χ2n) is 8.58. The van der Waals surface area contributed by atoms with Crippen molar-refractivity contribution in [1.29, 1.82) is 0 Å². The predicted octanol–water partition coefficient (Wildman–Crippen LogP) is 4.30. The lowest BCUT2D eigenvalue weighted by Crippen LogP contribution is -2.52. The highest BCUT2D eigenvalue weighted by Gasteiger charge is 2.41. The zero-order valence-electron chi connectivity index (χ0n) is 17.7. The van der Waals surface area contributed by atoms with Crippen molar-refractivity contribution in [1.82, 2.24) is 9.88 Å². The molecular formula is C22H24N2O6S. The molecule has 8 nitrogen and oxygen atoms in total. The van der Waals surface area contributed by atoms with Gasteiger partial charge in [0.1, 0.15) is 22.5 Å². The fourth-order valence-electron chi connectivity index (χ4n) is 3.43. The number of carbonyl (C=O) groups excluding carboxylic acids is 1. The van der Waals surface area contributed by atoms with Gasteiger partial charge in [-0.25, -0.2) is 19.5 Å². The van der Waals surface area contributed by atoms with Crippen LogP contribution in [0.25, 0.3) is 10.6 Å². The number of aromatic carboxylic acids is 1. The number of aryl methyl sites for hydroxylation is 1. The Bertz CT molecular complexity index is 1050. The Morgan fingerprint density at radius 1 is 1.29 bits per heavy atom. The molecule has 1 aromatic heterocycles. The van der Waals surface area contributed by atoms with Crippen LogP contribution in [-0.2, 0) is 9.47 Å². The molecule has 5 rings (SSSR count). The molecular weight excluding hydrogens is 420 g/mol. The first-order valence-corrected chi connectivity index (χ1v) is 10.7. The Hall–Kier alpha value is -3.07. The van der Waals surface area contributed by atoms with Crippen LogP contribution in [0.3, 0.4) is 0 Å². The third-order valence-corrected chi connectivity index (χ3v) is 5.77. The van der Waals surface area contributed by atoms with Crippen LogP contribution in [0, 0.1) is 12.8 Å². The molecule has 1 saturated heterocycles. The Labute approximate surface area is 184 Å². The minimum Gasteiger partial charge on any atom is -0.486 e. The molecule has 3 aliphatic rings. The van der Waals surface area contributed by atoms with Gasteiger partial charge in [0.2, 0.25) is 0 Å². The normalized spacial score (nSPS) is 20.1. The number of fused-ring (bicyclic) bond motifs is 3. The number of nitrogens with zero attached hydrogens (tertiary/aromatic N) is 2. The SMILES string of the molecule is Cc1cnc(-c2cc(OC3C=C4OCC3CN4C(=O)OC(C)(C)C)cc(C(=O)O)c2)s1. The molecule has 164 valence electrons. The van der Waals surface area contributed by atoms with Gasteiger partial charge in [-0.3, -0.25) is 0 Å². The Kier molecular flexibility index (Phi) is 5.38. The fraction of sp³-hybridized carbons (Fsp3) is 0.409. The van der Waals surface area contributed by atoms with Gasteiger partial charge in [0.25, 0.3) is 0 Å². The molecule has 0 saturated carbocycles. The molecule has 1 fully saturated rings. The molecule has 1 aromatic carbocycles. The van der Waals surface area contributed by atoms with E-state index in [1.54, 1.807) is 24.4 Å². The number of carbonyl (C=O) groups is 2. The molecule has 2 bridgehead atoms. The number of ether oxygens (including phenoxy) is 3. The van der Waals surface area contributed by atoms with Gasteiger partial charge < -0.3 is 19.3 Å². The van der Waals surface area contributed by atoms with Crippen LogP contribution in [0.5, 0.6) is 5.75 Å². The Morgan fingerprint density at radius 2 is 2.06 bits per heavy atom. The van der Waals surface area contributed by atoms with Crippen molar-refractivity contribution in [3.8, 4) is 16.3 Å². The minimum absolute atomic E-state index is 0.107. The summed E-state index contributed by atoms with van der Waals surface area (Å²) in [6.07, 6.45) is 2.68. The number of amides is 1. The maximum atomic E-state index is 12.5. The molecule has 0 aliphatic carbocycles. The number of hydrogen-bond acceptors (Lipinski definition) is 7. The molecule has 9 heteroatoms. The molecule has 2 unspecified atom stereocenters. The number of carboxylic acids is 1. The van der Waals surface area contributed by atoms with Gasteiger partial charge in [0.05, 0.1) is 18.1 Å². The van der Waals surface area contributed by atoms with Gasteiger partial charge in [0.15, 0.2) is 5.88 Å². The van der Waals surface area contributed by atoms with Crippen LogP contribution in [0.2, 0.25) is 0 Å². The summed E-state index contributed by atoms with van der Waals surface area (Å²) in [7, 11) is 0. The van der Waals surface area contributed by atoms with Gasteiger partial charge in [-0.2, -0.15) is 0 Å². The lowest BCUT2D eigenvalue weighted by molar-refractivity contribution is -0.0481. The van der Waals surface area contributed by atoms with Gasteiger partial charge in [-0.1, -0.05) is 0 Å². The quantitative estimate of drug-likeness (QED) is 0.751. The van der Waals surface area contributed by atoms with Crippen molar-refractivity contribution in [2.45, 2.75) is 39.4 Å². The summed E-state index contributed by atoms with van der Waals surface area (Å²) >= 11 is 1.49. The second-order valence-corrected chi connectivity index (χ2v) is 9.81. The molecule has 4 heterocycles. The monoisotopic (exact) mass is 444 g/mol. The van der Waals surface area contributed by atoms with Crippen LogP contribution in [0.1, 0.15) is 36.0 Å². The van der Waals surface area contributed by atoms with Crippen molar-refractivity contribution in [3.63, 3.8) is 0 Å². The first-order chi connectivity index (χ1) is 14.6. The fourth-order valence-corrected chi connectivity index (χ4v) is 4.18. The zero-order valence-corrected chi connectivity index (χ0v) is 18.6. The molecule has 1 N–H and O–H groups in total. The number of aromatic nitrogens is 1. The van der Waals surface area contributed by atoms with Gasteiger partial charge in [-0.15, -0.1) is 11.3 Å². The maximum absolute atomic E-state index is 12.5. The van der Waals surface area contributed by atoms with E-state index in [4.69, 9.17) is 14.2 Å². The van der Waals surface area contributed by atoms with E-state index in [1.165, 1.54) is 22.3 Å². The standard InChI is InChI=1S/C22H24N2O6S/c1-12-9-23-19(31-12)13-5-14(20(25)26)7-16(6-13)29-17-8-18-24(10-15(17)11-28-18)21(27)30-22(2,3)4/h5-9,15,17H,10-11H2,1-4H3,(H,25,26). The van der Waals surface area contributed by atoms with Crippen LogP contribution in [0.4, 0.5) is 4.79 Å². The molecule has 2 atom stereocenters. The number of hydrogen-bond donors (Lipinski definition) is 1. The van der Waals surface area contributed by atoms with Crippen molar-refractivity contribution < 1.29 is 28.9 Å². The highest BCUT2D eigenvalue weighted by atomic mass is 32.1. The first-order valence-electron chi connectivity index (χ1n) is 9.92. The van der Waals surface area contributed by atoms with Crippen molar-refractivity contribution in [3.05, 3.63) is 46.8 Å². The topological polar surface area (TPSA) is 98.2 Å². The van der Waals surface area contributed by atoms with Crippen LogP contribution >= 0.6 is 11.3 Å². The van der Waals surface area contributed by atoms with E-state index < -0.39 is 17.7 Å². The molecule has 3 aliphatic heterocycles. The van der Waals surface area contributed by atoms with Crippen molar-refractivity contribution in [2.24, 2.45) is 5.92 Å². The average molecular weight is 445 g/mol. The van der Waals surface area contributed by atoms with Crippen LogP contribution in [0.15, 0.2) is 36.4 Å². The van der Waals surface area contributed by atoms with Gasteiger partial charge in [0, 0.05) is 29.3 Å². The third-order valence-electron chi connectivity index (χ3n) is 4.81. The van der Waals surface area contributed by atoms with Crippen LogP contribution < -0.4 is 4.74 Å². The summed E-state index contributed by atoms with van der Waals surface area (Å²) in [5, 5.41) is 10.3. The average Bonchev–Trinajstić information content (AvgIpc) is 3.13. The van der Waals surface area contributed by atoms with E-state index in [0.717, 1.165) is 9.88 Å². The number of thiazole rings is 1. The lowest BCUT2D eigenvalue weighted by Gasteiger charge is -2.42. The summed E-state index contributed by atoms with van der Waals surface area (Å²) in [6.45, 7) is 8.19.